The number of aliphatic hydroxyl groups excluding tert-OH is 1. The SMILES string of the molecule is OCc1ccccc1-c1ccc(C=NNc2nc(-c3ccccc3)cs2)cc1. The topological polar surface area (TPSA) is 57.5 Å². The Bertz CT molecular complexity index is 1070. The number of hydrogen-bond donors (Lipinski definition) is 2. The minimum Gasteiger partial charge on any atom is -0.392 e. The summed E-state index contributed by atoms with van der Waals surface area (Å²) < 4.78 is 0. The molecule has 3 aromatic carbocycles. The molecule has 0 radical (unpaired) electrons. The quantitative estimate of drug-likeness (QED) is 0.344. The third-order valence-electron chi connectivity index (χ3n) is 4.36. The van der Waals surface area contributed by atoms with E-state index in [9.17, 15) is 5.11 Å². The molecule has 5 heteroatoms. The summed E-state index contributed by atoms with van der Waals surface area (Å²) in [5.41, 5.74) is 9.04. The van der Waals surface area contributed by atoms with Crippen molar-refractivity contribution in [2.24, 2.45) is 5.10 Å². The second-order valence-corrected chi connectivity index (χ2v) is 7.07. The molecule has 0 aliphatic carbocycles. The van der Waals surface area contributed by atoms with E-state index in [-0.39, 0.29) is 6.61 Å². The number of aliphatic hydroxyl groups is 1. The number of nitrogens with zero attached hydrogens (tertiary/aromatic N) is 2. The van der Waals surface area contributed by atoms with Gasteiger partial charge in [-0.25, -0.2) is 4.98 Å². The van der Waals surface area contributed by atoms with Gasteiger partial charge in [0.2, 0.25) is 5.13 Å². The van der Waals surface area contributed by atoms with Crippen molar-refractivity contribution < 1.29 is 5.11 Å². The van der Waals surface area contributed by atoms with Gasteiger partial charge in [0.05, 0.1) is 18.5 Å². The molecule has 1 aromatic heterocycles. The Labute approximate surface area is 167 Å². The number of benzene rings is 3. The van der Waals surface area contributed by atoms with Crippen LogP contribution >= 0.6 is 11.3 Å². The minimum absolute atomic E-state index is 0.0298. The number of hydrazone groups is 1. The summed E-state index contributed by atoms with van der Waals surface area (Å²) >= 11 is 1.52. The van der Waals surface area contributed by atoms with Crippen molar-refractivity contribution in [2.75, 3.05) is 5.43 Å². The predicted octanol–water partition coefficient (Wildman–Crippen LogP) is 5.42. The summed E-state index contributed by atoms with van der Waals surface area (Å²) in [7, 11) is 0. The van der Waals surface area contributed by atoms with Crippen molar-refractivity contribution >= 4 is 22.7 Å². The zero-order valence-corrected chi connectivity index (χ0v) is 15.9. The van der Waals surface area contributed by atoms with Gasteiger partial charge in [-0.3, -0.25) is 5.43 Å². The van der Waals surface area contributed by atoms with E-state index in [2.05, 4.69) is 15.5 Å². The molecule has 0 aliphatic heterocycles. The van der Waals surface area contributed by atoms with E-state index >= 15 is 0 Å². The number of nitrogens with one attached hydrogen (secondary N) is 1. The molecule has 0 fully saturated rings. The van der Waals surface area contributed by atoms with Crippen LogP contribution in [-0.2, 0) is 6.61 Å². The van der Waals surface area contributed by atoms with Crippen LogP contribution in [0.5, 0.6) is 0 Å². The van der Waals surface area contributed by atoms with Crippen molar-refractivity contribution in [1.82, 2.24) is 4.98 Å². The van der Waals surface area contributed by atoms with Crippen molar-refractivity contribution in [3.8, 4) is 22.4 Å². The minimum atomic E-state index is 0.0298. The van der Waals surface area contributed by atoms with E-state index in [1.165, 1.54) is 11.3 Å². The van der Waals surface area contributed by atoms with Crippen LogP contribution in [0.1, 0.15) is 11.1 Å². The molecule has 138 valence electrons. The van der Waals surface area contributed by atoms with Crippen LogP contribution in [0.2, 0.25) is 0 Å². The van der Waals surface area contributed by atoms with Gasteiger partial charge in [-0.05, 0) is 22.3 Å². The van der Waals surface area contributed by atoms with Gasteiger partial charge in [0.15, 0.2) is 0 Å². The van der Waals surface area contributed by atoms with Crippen molar-refractivity contribution in [3.63, 3.8) is 0 Å². The normalized spacial score (nSPS) is 11.0. The van der Waals surface area contributed by atoms with E-state index in [1.807, 2.05) is 84.2 Å². The van der Waals surface area contributed by atoms with E-state index in [1.54, 1.807) is 6.21 Å². The lowest BCUT2D eigenvalue weighted by Crippen LogP contribution is -1.91. The lowest BCUT2D eigenvalue weighted by Gasteiger charge is -2.07. The third-order valence-corrected chi connectivity index (χ3v) is 5.10. The largest absolute Gasteiger partial charge is 0.392 e. The van der Waals surface area contributed by atoms with Gasteiger partial charge in [-0.1, -0.05) is 78.9 Å². The summed E-state index contributed by atoms with van der Waals surface area (Å²) in [5.74, 6) is 0. The van der Waals surface area contributed by atoms with Gasteiger partial charge >= 0.3 is 0 Å². The molecule has 28 heavy (non-hydrogen) atoms. The molecular formula is C23H19N3OS. The molecule has 0 aliphatic rings. The smallest absolute Gasteiger partial charge is 0.203 e. The zero-order chi connectivity index (χ0) is 19.2. The highest BCUT2D eigenvalue weighted by atomic mass is 32.1. The highest BCUT2D eigenvalue weighted by Gasteiger charge is 2.04. The number of anilines is 1. The molecule has 0 atom stereocenters. The Morgan fingerprint density at radius 3 is 2.43 bits per heavy atom. The standard InChI is InChI=1S/C23H19N3OS/c27-15-20-8-4-5-9-21(20)18-12-10-17(11-13-18)14-24-26-23-25-22(16-28-23)19-6-2-1-3-7-19/h1-14,16,27H,15H2,(H,25,26). The molecule has 2 N–H and O–H groups in total. The maximum atomic E-state index is 9.50. The summed E-state index contributed by atoms with van der Waals surface area (Å²) in [6.45, 7) is 0.0298. The van der Waals surface area contributed by atoms with Gasteiger partial charge in [0, 0.05) is 10.9 Å². The average Bonchev–Trinajstić information content (AvgIpc) is 3.24. The van der Waals surface area contributed by atoms with Crippen LogP contribution in [0.25, 0.3) is 22.4 Å². The first-order chi connectivity index (χ1) is 13.8. The fraction of sp³-hybridized carbons (Fsp3) is 0.0435. The molecule has 1 heterocycles. The monoisotopic (exact) mass is 385 g/mol. The molecule has 0 amide bonds. The first kappa shape index (κ1) is 18.1. The van der Waals surface area contributed by atoms with Gasteiger partial charge in [0.25, 0.3) is 0 Å². The Kier molecular flexibility index (Phi) is 5.56. The number of aromatic nitrogens is 1. The van der Waals surface area contributed by atoms with Gasteiger partial charge in [-0.15, -0.1) is 11.3 Å². The highest BCUT2D eigenvalue weighted by molar-refractivity contribution is 7.14. The Hall–Kier alpha value is -3.28. The summed E-state index contributed by atoms with van der Waals surface area (Å²) in [5, 5.41) is 16.6. The first-order valence-electron chi connectivity index (χ1n) is 8.93. The Balaban J connectivity index is 1.42. The van der Waals surface area contributed by atoms with Crippen molar-refractivity contribution in [2.45, 2.75) is 6.61 Å². The van der Waals surface area contributed by atoms with Gasteiger partial charge in [-0.2, -0.15) is 5.10 Å². The zero-order valence-electron chi connectivity index (χ0n) is 15.1. The third kappa shape index (κ3) is 4.17. The van der Waals surface area contributed by atoms with E-state index in [0.717, 1.165) is 38.6 Å². The van der Waals surface area contributed by atoms with E-state index in [4.69, 9.17) is 0 Å². The molecule has 4 nitrogen and oxygen atoms in total. The van der Waals surface area contributed by atoms with Crippen LogP contribution in [-0.4, -0.2) is 16.3 Å². The first-order valence-corrected chi connectivity index (χ1v) is 9.81. The van der Waals surface area contributed by atoms with Crippen molar-refractivity contribution in [1.29, 1.82) is 0 Å². The molecule has 0 bridgehead atoms. The maximum Gasteiger partial charge on any atom is 0.203 e. The number of thiazole rings is 1. The molecular weight excluding hydrogens is 366 g/mol. The lowest BCUT2D eigenvalue weighted by molar-refractivity contribution is 0.282. The van der Waals surface area contributed by atoms with Crippen LogP contribution in [0.4, 0.5) is 5.13 Å². The number of hydrogen-bond acceptors (Lipinski definition) is 5. The fourth-order valence-electron chi connectivity index (χ4n) is 2.92. The highest BCUT2D eigenvalue weighted by Crippen LogP contribution is 2.25. The number of rotatable bonds is 6. The summed E-state index contributed by atoms with van der Waals surface area (Å²) in [6.07, 6.45) is 1.77. The van der Waals surface area contributed by atoms with Gasteiger partial charge in [0.1, 0.15) is 0 Å². The Morgan fingerprint density at radius 1 is 0.893 bits per heavy atom. The van der Waals surface area contributed by atoms with Crippen LogP contribution in [0, 0.1) is 0 Å². The van der Waals surface area contributed by atoms with Crippen LogP contribution in [0.3, 0.4) is 0 Å². The molecule has 4 aromatic rings. The average molecular weight is 385 g/mol. The fourth-order valence-corrected chi connectivity index (χ4v) is 3.59. The lowest BCUT2D eigenvalue weighted by atomic mass is 9.99. The van der Waals surface area contributed by atoms with Crippen LogP contribution < -0.4 is 5.43 Å². The molecule has 0 unspecified atom stereocenters. The molecule has 0 saturated carbocycles. The second-order valence-electron chi connectivity index (χ2n) is 6.21. The van der Waals surface area contributed by atoms with Crippen molar-refractivity contribution in [3.05, 3.63) is 95.4 Å². The van der Waals surface area contributed by atoms with E-state index in [0.29, 0.717) is 0 Å². The van der Waals surface area contributed by atoms with Gasteiger partial charge < -0.3 is 5.11 Å². The second kappa shape index (κ2) is 8.61. The predicted molar refractivity (Wildman–Crippen MR) is 117 cm³/mol. The van der Waals surface area contributed by atoms with E-state index < -0.39 is 0 Å². The van der Waals surface area contributed by atoms with Crippen LogP contribution in [0.15, 0.2) is 89.3 Å². The Morgan fingerprint density at radius 2 is 1.64 bits per heavy atom. The molecule has 4 rings (SSSR count). The molecule has 0 spiro atoms. The summed E-state index contributed by atoms with van der Waals surface area (Å²) in [6, 6.07) is 26.0. The maximum absolute atomic E-state index is 9.50. The summed E-state index contributed by atoms with van der Waals surface area (Å²) in [4.78, 5) is 4.55. The molecule has 0 saturated heterocycles.